The summed E-state index contributed by atoms with van der Waals surface area (Å²) in [6, 6.07) is -1.30. The zero-order valence-electron chi connectivity index (χ0n) is 19.4. The summed E-state index contributed by atoms with van der Waals surface area (Å²) in [6.07, 6.45) is 10.6. The molecule has 2 aliphatic heterocycles. The Morgan fingerprint density at radius 3 is 2.50 bits per heavy atom. The molecule has 0 saturated carbocycles. The van der Waals surface area contributed by atoms with Crippen LogP contribution >= 0.6 is 0 Å². The minimum Gasteiger partial charge on any atom is -0.353 e. The number of nitrogens with zero attached hydrogens (tertiary/aromatic N) is 1. The Balaban J connectivity index is 2.26. The first-order valence-electron chi connectivity index (χ1n) is 12.1. The molecule has 2 fully saturated rings. The van der Waals surface area contributed by atoms with Crippen molar-refractivity contribution in [2.75, 3.05) is 13.1 Å². The van der Waals surface area contributed by atoms with E-state index < -0.39 is 17.6 Å². The molecule has 2 heterocycles. The topological polar surface area (TPSA) is 122 Å². The summed E-state index contributed by atoms with van der Waals surface area (Å²) in [5, 5.41) is 5.57. The van der Waals surface area contributed by atoms with Crippen molar-refractivity contribution in [3.63, 3.8) is 0 Å². The average molecular weight is 449 g/mol. The van der Waals surface area contributed by atoms with Crippen LogP contribution in [-0.4, -0.2) is 59.6 Å². The lowest BCUT2D eigenvalue weighted by Gasteiger charge is -2.34. The Kier molecular flexibility index (Phi) is 10.4. The van der Waals surface area contributed by atoms with Crippen LogP contribution < -0.4 is 16.4 Å². The molecule has 0 aromatic rings. The van der Waals surface area contributed by atoms with E-state index in [9.17, 15) is 19.2 Å². The minimum atomic E-state index is -1.29. The maximum absolute atomic E-state index is 13.4. The Morgan fingerprint density at radius 1 is 1.19 bits per heavy atom. The van der Waals surface area contributed by atoms with Gasteiger partial charge in [-0.3, -0.25) is 14.4 Å². The van der Waals surface area contributed by atoms with Crippen molar-refractivity contribution in [3.05, 3.63) is 12.7 Å². The number of fused-ring (bicyclic) bond motifs is 1. The molecule has 32 heavy (non-hydrogen) atoms. The van der Waals surface area contributed by atoms with Crippen LogP contribution in [0.25, 0.3) is 0 Å². The van der Waals surface area contributed by atoms with E-state index in [4.69, 9.17) is 5.73 Å². The van der Waals surface area contributed by atoms with Gasteiger partial charge in [0.05, 0.1) is 12.5 Å². The van der Waals surface area contributed by atoms with Gasteiger partial charge in [-0.05, 0) is 25.2 Å². The van der Waals surface area contributed by atoms with Crippen molar-refractivity contribution in [2.24, 2.45) is 11.7 Å². The van der Waals surface area contributed by atoms with Crippen LogP contribution in [0, 0.1) is 5.92 Å². The van der Waals surface area contributed by atoms with E-state index in [2.05, 4.69) is 17.2 Å². The molecule has 180 valence electrons. The summed E-state index contributed by atoms with van der Waals surface area (Å²) in [5.41, 5.74) is 4.89. The second kappa shape index (κ2) is 12.7. The molecular weight excluding hydrogens is 408 g/mol. The summed E-state index contributed by atoms with van der Waals surface area (Å²) in [7, 11) is 0. The molecule has 4 atom stereocenters. The van der Waals surface area contributed by atoms with E-state index in [0.717, 1.165) is 44.9 Å². The second-order valence-electron chi connectivity index (χ2n) is 9.40. The van der Waals surface area contributed by atoms with Gasteiger partial charge in [-0.1, -0.05) is 57.9 Å². The normalized spacial score (nSPS) is 30.8. The molecule has 2 rings (SSSR count). The van der Waals surface area contributed by atoms with Crippen LogP contribution in [-0.2, 0) is 19.2 Å². The number of carbonyl (C=O) groups is 4. The van der Waals surface area contributed by atoms with Crippen LogP contribution in [0.3, 0.4) is 0 Å². The summed E-state index contributed by atoms with van der Waals surface area (Å²) in [5.74, 6) is -0.960. The maximum atomic E-state index is 13.4. The maximum Gasteiger partial charge on any atom is 0.243 e. The molecule has 3 amide bonds. The SMILES string of the molecule is C=CCNC(=O)C[C@@]1(C=O)CCCCCCCCC[C@H](N)C(=O)N2CC[C@H](C)[C@H]2C(=O)N1. The van der Waals surface area contributed by atoms with Crippen molar-refractivity contribution in [1.29, 1.82) is 0 Å². The van der Waals surface area contributed by atoms with Crippen molar-refractivity contribution in [2.45, 2.75) is 95.2 Å². The standard InChI is InChI=1S/C24H40N4O4/c1-3-14-26-20(30)16-24(17-29)13-10-8-6-4-5-7-9-11-19(25)23(32)28-15-12-18(2)21(28)22(31)27-24/h3,17-19,21H,1,4-16,25H2,2H3,(H,26,30)(H,27,31)/t18-,19-,21-,24+/m0/s1. The van der Waals surface area contributed by atoms with Gasteiger partial charge in [0.25, 0.3) is 0 Å². The minimum absolute atomic E-state index is 0.0519. The highest BCUT2D eigenvalue weighted by Crippen LogP contribution is 2.27. The van der Waals surface area contributed by atoms with Gasteiger partial charge in [0, 0.05) is 13.1 Å². The third-order valence-corrected chi connectivity index (χ3v) is 6.72. The first-order chi connectivity index (χ1) is 15.3. The first kappa shape index (κ1) is 26.0. The first-order valence-corrected chi connectivity index (χ1v) is 12.1. The molecular formula is C24H40N4O4. The van der Waals surface area contributed by atoms with Gasteiger partial charge >= 0.3 is 0 Å². The summed E-state index contributed by atoms with van der Waals surface area (Å²) >= 11 is 0. The van der Waals surface area contributed by atoms with Gasteiger partial charge in [-0.2, -0.15) is 0 Å². The highest BCUT2D eigenvalue weighted by molar-refractivity contribution is 5.93. The van der Waals surface area contributed by atoms with Crippen LogP contribution in [0.1, 0.15) is 77.6 Å². The van der Waals surface area contributed by atoms with Crippen molar-refractivity contribution in [3.8, 4) is 0 Å². The van der Waals surface area contributed by atoms with E-state index in [1.54, 1.807) is 11.0 Å². The van der Waals surface area contributed by atoms with Gasteiger partial charge in [0.2, 0.25) is 17.7 Å². The number of amides is 3. The quantitative estimate of drug-likeness (QED) is 0.437. The lowest BCUT2D eigenvalue weighted by Crippen LogP contribution is -2.59. The lowest BCUT2D eigenvalue weighted by molar-refractivity contribution is -0.142. The van der Waals surface area contributed by atoms with Crippen LogP contribution in [0.15, 0.2) is 12.7 Å². The smallest absolute Gasteiger partial charge is 0.243 e. The van der Waals surface area contributed by atoms with Gasteiger partial charge < -0.3 is 26.1 Å². The Morgan fingerprint density at radius 2 is 1.84 bits per heavy atom. The fourth-order valence-electron chi connectivity index (χ4n) is 4.80. The molecule has 4 N–H and O–H groups in total. The zero-order chi connectivity index (χ0) is 23.6. The molecule has 0 radical (unpaired) electrons. The van der Waals surface area contributed by atoms with Crippen molar-refractivity contribution >= 4 is 24.0 Å². The van der Waals surface area contributed by atoms with Crippen molar-refractivity contribution in [1.82, 2.24) is 15.5 Å². The molecule has 0 unspecified atom stereocenters. The molecule has 8 heteroatoms. The Hall–Kier alpha value is -2.22. The fourth-order valence-corrected chi connectivity index (χ4v) is 4.80. The third kappa shape index (κ3) is 7.15. The zero-order valence-corrected chi connectivity index (χ0v) is 19.4. The number of aldehydes is 1. The number of nitrogens with two attached hydrogens (primary N) is 1. The number of nitrogens with one attached hydrogen (secondary N) is 2. The van der Waals surface area contributed by atoms with Gasteiger partial charge in [0.15, 0.2) is 0 Å². The molecule has 0 aromatic carbocycles. The molecule has 0 bridgehead atoms. The highest BCUT2D eigenvalue weighted by atomic mass is 16.2. The summed E-state index contributed by atoms with van der Waals surface area (Å²) in [6.45, 7) is 6.28. The molecule has 0 aliphatic carbocycles. The van der Waals surface area contributed by atoms with E-state index in [1.165, 1.54) is 0 Å². The Labute approximate surface area is 191 Å². The molecule has 0 spiro atoms. The largest absolute Gasteiger partial charge is 0.353 e. The lowest BCUT2D eigenvalue weighted by atomic mass is 9.88. The van der Waals surface area contributed by atoms with E-state index in [-0.39, 0.29) is 30.1 Å². The Bertz CT molecular complexity index is 683. The predicted octanol–water partition coefficient (Wildman–Crippen LogP) is 1.82. The van der Waals surface area contributed by atoms with Gasteiger partial charge in [0.1, 0.15) is 17.9 Å². The number of hydrogen-bond donors (Lipinski definition) is 3. The highest BCUT2D eigenvalue weighted by Gasteiger charge is 2.44. The number of hydrogen-bond acceptors (Lipinski definition) is 5. The van der Waals surface area contributed by atoms with E-state index in [1.807, 2.05) is 6.92 Å². The summed E-state index contributed by atoms with van der Waals surface area (Å²) in [4.78, 5) is 52.6. The third-order valence-electron chi connectivity index (χ3n) is 6.72. The average Bonchev–Trinajstić information content (AvgIpc) is 3.16. The van der Waals surface area contributed by atoms with Gasteiger partial charge in [-0.15, -0.1) is 6.58 Å². The van der Waals surface area contributed by atoms with Crippen LogP contribution in [0.5, 0.6) is 0 Å². The monoisotopic (exact) mass is 448 g/mol. The predicted molar refractivity (Wildman–Crippen MR) is 124 cm³/mol. The molecule has 2 saturated heterocycles. The van der Waals surface area contributed by atoms with Crippen molar-refractivity contribution < 1.29 is 19.2 Å². The molecule has 8 nitrogen and oxygen atoms in total. The second-order valence-corrected chi connectivity index (χ2v) is 9.40. The molecule has 2 aliphatic rings. The molecule has 0 aromatic heterocycles. The fraction of sp³-hybridized carbons (Fsp3) is 0.750. The van der Waals surface area contributed by atoms with E-state index in [0.29, 0.717) is 38.6 Å². The van der Waals surface area contributed by atoms with E-state index >= 15 is 0 Å². The summed E-state index contributed by atoms with van der Waals surface area (Å²) < 4.78 is 0. The number of rotatable bonds is 5. The van der Waals surface area contributed by atoms with Crippen LogP contribution in [0.2, 0.25) is 0 Å². The number of carbonyl (C=O) groups excluding carboxylic acids is 4. The van der Waals surface area contributed by atoms with Gasteiger partial charge in [-0.25, -0.2) is 0 Å². The van der Waals surface area contributed by atoms with Crippen LogP contribution in [0.4, 0.5) is 0 Å².